The SMILES string of the molecule is C=C/C=C(\C=C/C)NC(=C)N(c1ccc(C2CCCCC2)cc1)c1ncnc(C)c1C. The van der Waals surface area contributed by atoms with Gasteiger partial charge in [-0.05, 0) is 69.4 Å². The first-order valence-electron chi connectivity index (χ1n) is 11.1. The van der Waals surface area contributed by atoms with Gasteiger partial charge in [-0.2, -0.15) is 0 Å². The summed E-state index contributed by atoms with van der Waals surface area (Å²) in [7, 11) is 0. The molecule has 0 amide bonds. The minimum atomic E-state index is 0.678. The quantitative estimate of drug-likeness (QED) is 0.473. The molecule has 4 heteroatoms. The highest BCUT2D eigenvalue weighted by Gasteiger charge is 2.20. The third-order valence-corrected chi connectivity index (χ3v) is 5.95. The van der Waals surface area contributed by atoms with Gasteiger partial charge in [-0.15, -0.1) is 0 Å². The summed E-state index contributed by atoms with van der Waals surface area (Å²) < 4.78 is 0. The minimum Gasteiger partial charge on any atom is -0.342 e. The zero-order valence-corrected chi connectivity index (χ0v) is 19.1. The van der Waals surface area contributed by atoms with Crippen molar-refractivity contribution in [3.63, 3.8) is 0 Å². The van der Waals surface area contributed by atoms with Crippen LogP contribution < -0.4 is 10.2 Å². The summed E-state index contributed by atoms with van der Waals surface area (Å²) in [5.41, 5.74) is 5.35. The van der Waals surface area contributed by atoms with Crippen molar-refractivity contribution in [1.82, 2.24) is 15.3 Å². The molecule has 1 saturated carbocycles. The van der Waals surface area contributed by atoms with Gasteiger partial charge in [0, 0.05) is 22.6 Å². The maximum absolute atomic E-state index is 4.60. The number of benzene rings is 1. The molecule has 31 heavy (non-hydrogen) atoms. The summed E-state index contributed by atoms with van der Waals surface area (Å²) >= 11 is 0. The van der Waals surface area contributed by atoms with Crippen LogP contribution in [0.4, 0.5) is 11.5 Å². The van der Waals surface area contributed by atoms with Gasteiger partial charge in [-0.25, -0.2) is 9.97 Å². The van der Waals surface area contributed by atoms with Crippen molar-refractivity contribution in [3.05, 3.63) is 96.4 Å². The van der Waals surface area contributed by atoms with E-state index in [4.69, 9.17) is 0 Å². The van der Waals surface area contributed by atoms with E-state index in [2.05, 4.69) is 57.6 Å². The monoisotopic (exact) mass is 414 g/mol. The minimum absolute atomic E-state index is 0.678. The molecule has 2 aromatic rings. The third kappa shape index (κ3) is 5.52. The first-order chi connectivity index (χ1) is 15.0. The predicted molar refractivity (Wildman–Crippen MR) is 131 cm³/mol. The average Bonchev–Trinajstić information content (AvgIpc) is 2.78. The molecule has 0 aliphatic heterocycles. The van der Waals surface area contributed by atoms with Crippen LogP contribution in [-0.2, 0) is 0 Å². The van der Waals surface area contributed by atoms with Gasteiger partial charge in [0.05, 0.1) is 0 Å². The first kappa shape index (κ1) is 22.5. The molecule has 0 radical (unpaired) electrons. The molecule has 0 spiro atoms. The van der Waals surface area contributed by atoms with Crippen molar-refractivity contribution in [2.24, 2.45) is 0 Å². The van der Waals surface area contributed by atoms with E-state index in [1.54, 1.807) is 12.4 Å². The fraction of sp³-hybridized carbons (Fsp3) is 0.333. The summed E-state index contributed by atoms with van der Waals surface area (Å²) in [5.74, 6) is 2.23. The van der Waals surface area contributed by atoms with Crippen molar-refractivity contribution in [3.8, 4) is 0 Å². The lowest BCUT2D eigenvalue weighted by Gasteiger charge is -2.29. The number of allylic oxidation sites excluding steroid dienone is 4. The lowest BCUT2D eigenvalue weighted by Crippen LogP contribution is -2.28. The van der Waals surface area contributed by atoms with E-state index in [1.165, 1.54) is 37.7 Å². The summed E-state index contributed by atoms with van der Waals surface area (Å²) in [6.07, 6.45) is 15.9. The number of nitrogens with zero attached hydrogens (tertiary/aromatic N) is 3. The van der Waals surface area contributed by atoms with Crippen LogP contribution in [0.25, 0.3) is 0 Å². The van der Waals surface area contributed by atoms with Crippen LogP contribution in [0.2, 0.25) is 0 Å². The maximum Gasteiger partial charge on any atom is 0.145 e. The lowest BCUT2D eigenvalue weighted by molar-refractivity contribution is 0.443. The summed E-state index contributed by atoms with van der Waals surface area (Å²) in [4.78, 5) is 11.0. The molecule has 0 bridgehead atoms. The molecule has 0 atom stereocenters. The Hall–Kier alpha value is -3.14. The van der Waals surface area contributed by atoms with Gasteiger partial charge in [0.15, 0.2) is 0 Å². The first-order valence-corrected chi connectivity index (χ1v) is 11.1. The molecule has 1 heterocycles. The van der Waals surface area contributed by atoms with Crippen LogP contribution in [0.5, 0.6) is 0 Å². The van der Waals surface area contributed by atoms with Crippen LogP contribution in [0.15, 0.2) is 79.6 Å². The van der Waals surface area contributed by atoms with E-state index in [1.807, 2.05) is 39.0 Å². The molecule has 0 unspecified atom stereocenters. The van der Waals surface area contributed by atoms with Gasteiger partial charge in [0.25, 0.3) is 0 Å². The third-order valence-electron chi connectivity index (χ3n) is 5.95. The van der Waals surface area contributed by atoms with Crippen molar-refractivity contribution in [1.29, 1.82) is 0 Å². The van der Waals surface area contributed by atoms with Gasteiger partial charge in [-0.1, -0.05) is 56.7 Å². The number of hydrogen-bond donors (Lipinski definition) is 1. The van der Waals surface area contributed by atoms with Gasteiger partial charge in [0.1, 0.15) is 18.0 Å². The van der Waals surface area contributed by atoms with E-state index in [0.29, 0.717) is 5.92 Å². The maximum atomic E-state index is 4.60. The van der Waals surface area contributed by atoms with Crippen LogP contribution in [-0.4, -0.2) is 9.97 Å². The second kappa shape index (κ2) is 10.8. The van der Waals surface area contributed by atoms with Gasteiger partial charge >= 0.3 is 0 Å². The van der Waals surface area contributed by atoms with Crippen LogP contribution in [0, 0.1) is 13.8 Å². The van der Waals surface area contributed by atoms with Crippen LogP contribution in [0.3, 0.4) is 0 Å². The highest BCUT2D eigenvalue weighted by Crippen LogP contribution is 2.35. The number of anilines is 2. The number of nitrogens with one attached hydrogen (secondary N) is 1. The fourth-order valence-corrected chi connectivity index (χ4v) is 4.16. The molecule has 1 fully saturated rings. The van der Waals surface area contributed by atoms with E-state index in [0.717, 1.165) is 34.3 Å². The number of hydrogen-bond acceptors (Lipinski definition) is 4. The second-order valence-corrected chi connectivity index (χ2v) is 8.10. The summed E-state index contributed by atoms with van der Waals surface area (Å²) in [5, 5.41) is 3.41. The lowest BCUT2D eigenvalue weighted by atomic mass is 9.84. The van der Waals surface area contributed by atoms with E-state index < -0.39 is 0 Å². The Morgan fingerprint density at radius 1 is 1.10 bits per heavy atom. The van der Waals surface area contributed by atoms with Crippen LogP contribution >= 0.6 is 0 Å². The molecular formula is C27H34N4. The molecule has 1 aromatic heterocycles. The standard InChI is InChI=1S/C27H34N4/c1-6-11-25(12-7-2)30-22(5)31(27-20(3)21(4)28-19-29-27)26-17-15-24(16-18-26)23-13-9-8-10-14-23/h6-7,11-12,15-19,23,30H,1,5,8-10,13-14H2,2-4H3/b12-7-,25-11+. The largest absolute Gasteiger partial charge is 0.342 e. The van der Waals surface area contributed by atoms with Gasteiger partial charge < -0.3 is 5.32 Å². The highest BCUT2D eigenvalue weighted by molar-refractivity contribution is 5.68. The molecule has 3 rings (SSSR count). The Morgan fingerprint density at radius 3 is 2.45 bits per heavy atom. The topological polar surface area (TPSA) is 41.0 Å². The van der Waals surface area contributed by atoms with Gasteiger partial charge in [0.2, 0.25) is 0 Å². The fourth-order valence-electron chi connectivity index (χ4n) is 4.16. The Labute approximate surface area is 187 Å². The zero-order valence-electron chi connectivity index (χ0n) is 19.1. The van der Waals surface area contributed by atoms with Crippen molar-refractivity contribution < 1.29 is 0 Å². The molecule has 162 valence electrons. The highest BCUT2D eigenvalue weighted by atomic mass is 15.3. The predicted octanol–water partition coefficient (Wildman–Crippen LogP) is 6.99. The Bertz CT molecular complexity index is 963. The average molecular weight is 415 g/mol. The summed E-state index contributed by atoms with van der Waals surface area (Å²) in [6.45, 7) is 14.2. The molecule has 1 aliphatic rings. The molecule has 1 aromatic carbocycles. The number of rotatable bonds is 8. The van der Waals surface area contributed by atoms with Crippen LogP contribution in [0.1, 0.15) is 61.8 Å². The molecule has 1 aliphatic carbocycles. The molecule has 4 nitrogen and oxygen atoms in total. The smallest absolute Gasteiger partial charge is 0.145 e. The Kier molecular flexibility index (Phi) is 7.82. The molecular weight excluding hydrogens is 380 g/mol. The van der Waals surface area contributed by atoms with Crippen molar-refractivity contribution in [2.75, 3.05) is 4.90 Å². The second-order valence-electron chi connectivity index (χ2n) is 8.10. The normalized spacial score (nSPS) is 15.1. The zero-order chi connectivity index (χ0) is 22.2. The van der Waals surface area contributed by atoms with E-state index >= 15 is 0 Å². The molecule has 0 saturated heterocycles. The number of aromatic nitrogens is 2. The van der Waals surface area contributed by atoms with E-state index in [-0.39, 0.29) is 0 Å². The van der Waals surface area contributed by atoms with Gasteiger partial charge in [-0.3, -0.25) is 4.90 Å². The van der Waals surface area contributed by atoms with E-state index in [9.17, 15) is 0 Å². The Balaban J connectivity index is 1.97. The van der Waals surface area contributed by atoms with Crippen molar-refractivity contribution >= 4 is 11.5 Å². The summed E-state index contributed by atoms with van der Waals surface area (Å²) in [6, 6.07) is 8.89. The molecule has 1 N–H and O–H groups in total. The number of aryl methyl sites for hydroxylation is 1. The Morgan fingerprint density at radius 2 is 1.81 bits per heavy atom. The van der Waals surface area contributed by atoms with Crippen molar-refractivity contribution in [2.45, 2.75) is 58.8 Å².